The van der Waals surface area contributed by atoms with E-state index < -0.39 is 14.1 Å². The van der Waals surface area contributed by atoms with Crippen molar-refractivity contribution in [2.45, 2.75) is 149 Å². The molecule has 0 aliphatic heterocycles. The third kappa shape index (κ3) is 13.1. The van der Waals surface area contributed by atoms with E-state index in [-0.39, 0.29) is 0 Å². The molecule has 0 nitrogen and oxygen atoms in total. The molecule has 0 bridgehead atoms. The van der Waals surface area contributed by atoms with Gasteiger partial charge in [-0.05, 0) is 41.4 Å². The Kier molecular flexibility index (Phi) is 16.5. The molecule has 31 heavy (non-hydrogen) atoms. The van der Waals surface area contributed by atoms with Crippen molar-refractivity contribution in [3.05, 3.63) is 0 Å². The lowest BCUT2D eigenvalue weighted by molar-refractivity contribution is 0.193. The van der Waals surface area contributed by atoms with E-state index in [1.807, 2.05) is 0 Å². The lowest BCUT2D eigenvalue weighted by Crippen LogP contribution is -2.42. The minimum atomic E-state index is -0.891. The minimum absolute atomic E-state index is 0.668. The second kappa shape index (κ2) is 16.2. The van der Waals surface area contributed by atoms with Crippen molar-refractivity contribution in [2.75, 3.05) is 0 Å². The van der Waals surface area contributed by atoms with E-state index in [9.17, 15) is 0 Å². The van der Waals surface area contributed by atoms with Crippen LogP contribution < -0.4 is 0 Å². The van der Waals surface area contributed by atoms with Gasteiger partial charge in [-0.15, -0.1) is 0 Å². The summed E-state index contributed by atoms with van der Waals surface area (Å²) >= 11 is -0.891. The first-order valence-electron chi connectivity index (χ1n) is 14.3. The number of rotatable bonds is 18. The molecule has 0 aliphatic carbocycles. The summed E-state index contributed by atoms with van der Waals surface area (Å²) in [4.78, 5) is 0. The van der Waals surface area contributed by atoms with Crippen LogP contribution in [0.4, 0.5) is 0 Å². The SMILES string of the molecule is CC(C)CCC(C(C)C)[C](CCC(C)C)(CCC(C)C)[Al]([CH2]CC(C)C)[CH2]CC(C)C. The highest BCUT2D eigenvalue weighted by Gasteiger charge is 2.47. The molecule has 0 heterocycles. The van der Waals surface area contributed by atoms with Gasteiger partial charge in [0.1, 0.15) is 0 Å². The van der Waals surface area contributed by atoms with E-state index >= 15 is 0 Å². The van der Waals surface area contributed by atoms with Gasteiger partial charge in [-0.1, -0.05) is 149 Å². The van der Waals surface area contributed by atoms with E-state index in [1.165, 1.54) is 51.4 Å². The predicted octanol–water partition coefficient (Wildman–Crippen LogP) is 10.9. The van der Waals surface area contributed by atoms with Gasteiger partial charge >= 0.3 is 0 Å². The monoisotopic (exact) mass is 450 g/mol. The van der Waals surface area contributed by atoms with E-state index in [0.717, 1.165) is 41.4 Å². The Hall–Kier alpha value is 0.532. The van der Waals surface area contributed by atoms with Crippen LogP contribution in [0.1, 0.15) is 134 Å². The highest BCUT2D eigenvalue weighted by molar-refractivity contribution is 6.62. The molecule has 0 spiro atoms. The molecule has 1 heteroatoms. The van der Waals surface area contributed by atoms with Gasteiger partial charge in [0.05, 0.1) is 0 Å². The Morgan fingerprint density at radius 2 is 0.806 bits per heavy atom. The largest absolute Gasteiger partial charge is 0.270 e. The van der Waals surface area contributed by atoms with Crippen molar-refractivity contribution < 1.29 is 0 Å². The van der Waals surface area contributed by atoms with Crippen LogP contribution in [0, 0.1) is 41.4 Å². The van der Waals surface area contributed by atoms with Gasteiger partial charge in [0, 0.05) is 0 Å². The van der Waals surface area contributed by atoms with Crippen LogP contribution in [0.15, 0.2) is 0 Å². The fourth-order valence-corrected chi connectivity index (χ4v) is 11.8. The zero-order valence-corrected chi connectivity index (χ0v) is 25.3. The first-order chi connectivity index (χ1) is 14.3. The van der Waals surface area contributed by atoms with Gasteiger partial charge in [-0.25, -0.2) is 0 Å². The van der Waals surface area contributed by atoms with Gasteiger partial charge in [0.2, 0.25) is 0 Å². The maximum atomic E-state index is 2.57. The van der Waals surface area contributed by atoms with Crippen molar-refractivity contribution in [1.29, 1.82) is 0 Å². The molecule has 0 rings (SSSR count). The number of hydrogen-bond acceptors (Lipinski definition) is 0. The lowest BCUT2D eigenvalue weighted by Gasteiger charge is -2.49. The van der Waals surface area contributed by atoms with Gasteiger partial charge in [-0.2, -0.15) is 0 Å². The zero-order chi connectivity index (χ0) is 24.2. The highest BCUT2D eigenvalue weighted by Crippen LogP contribution is 2.56. The summed E-state index contributed by atoms with van der Waals surface area (Å²) in [5, 5.41) is 3.18. The topological polar surface area (TPSA) is 0 Å². The first kappa shape index (κ1) is 31.5. The van der Waals surface area contributed by atoms with Gasteiger partial charge in [0.15, 0.2) is 0 Å². The molecule has 0 radical (unpaired) electrons. The standard InChI is InChI=1S/C20H41.2C5H11.Al/c1-15(2)9-12-19(13-10-16(3)4)20(18(7)8)14-11-17(5)6;2*1-4-5(2)3;/h15-18,20H,9-14H2,1-8H3;2*5H,1,4H2,2-3H3;. The fourth-order valence-electron chi connectivity index (χ4n) is 5.91. The summed E-state index contributed by atoms with van der Waals surface area (Å²) in [5.41, 5.74) is 0. The van der Waals surface area contributed by atoms with Crippen molar-refractivity contribution in [1.82, 2.24) is 0 Å². The molecule has 0 saturated carbocycles. The molecule has 0 aromatic rings. The molecule has 0 aliphatic rings. The van der Waals surface area contributed by atoms with Crippen molar-refractivity contribution in [2.24, 2.45) is 41.4 Å². The summed E-state index contributed by atoms with van der Waals surface area (Å²) < 4.78 is 0.668. The third-order valence-corrected chi connectivity index (χ3v) is 12.7. The summed E-state index contributed by atoms with van der Waals surface area (Å²) in [7, 11) is 0. The second-order valence-corrected chi connectivity index (χ2v) is 17.3. The lowest BCUT2D eigenvalue weighted by atomic mass is 9.72. The van der Waals surface area contributed by atoms with Crippen LogP contribution in [0.2, 0.25) is 14.8 Å². The van der Waals surface area contributed by atoms with Crippen LogP contribution in [0.5, 0.6) is 0 Å². The molecule has 0 N–H and O–H groups in total. The molecule has 0 aromatic heterocycles. The molecule has 1 atom stereocenters. The van der Waals surface area contributed by atoms with E-state index in [4.69, 9.17) is 0 Å². The van der Waals surface area contributed by atoms with Crippen LogP contribution in [0.3, 0.4) is 0 Å². The summed E-state index contributed by atoms with van der Waals surface area (Å²) in [6.45, 7) is 29.7. The molecule has 0 fully saturated rings. The van der Waals surface area contributed by atoms with Crippen LogP contribution in [-0.4, -0.2) is 14.1 Å². The molecule has 186 valence electrons. The van der Waals surface area contributed by atoms with Crippen molar-refractivity contribution in [3.8, 4) is 0 Å². The fraction of sp³-hybridized carbons (Fsp3) is 1.00. The Labute approximate surface area is 204 Å². The van der Waals surface area contributed by atoms with Gasteiger partial charge in [-0.3, -0.25) is 0 Å². The second-order valence-electron chi connectivity index (χ2n) is 13.6. The van der Waals surface area contributed by atoms with E-state index in [2.05, 4.69) is 83.1 Å². The van der Waals surface area contributed by atoms with Crippen molar-refractivity contribution in [3.63, 3.8) is 0 Å². The predicted molar refractivity (Wildman–Crippen MR) is 148 cm³/mol. The quantitative estimate of drug-likeness (QED) is 0.182. The average molecular weight is 451 g/mol. The summed E-state index contributed by atoms with van der Waals surface area (Å²) in [6.07, 6.45) is 11.7. The van der Waals surface area contributed by atoms with Crippen molar-refractivity contribution >= 4 is 14.1 Å². The maximum absolute atomic E-state index is 2.57. The van der Waals surface area contributed by atoms with E-state index in [1.54, 1.807) is 10.6 Å². The van der Waals surface area contributed by atoms with Gasteiger partial charge in [0.25, 0.3) is 14.1 Å². The molecule has 0 amide bonds. The Balaban J connectivity index is 6.32. The molecular formula is C30H63Al. The smallest absolute Gasteiger partial charge is 0.0932 e. The van der Waals surface area contributed by atoms with Gasteiger partial charge < -0.3 is 0 Å². The summed E-state index contributed by atoms with van der Waals surface area (Å²) in [5.74, 6) is 5.97. The Morgan fingerprint density at radius 3 is 1.10 bits per heavy atom. The van der Waals surface area contributed by atoms with E-state index in [0.29, 0.717) is 4.28 Å². The highest BCUT2D eigenvalue weighted by atomic mass is 27.2. The molecule has 1 unspecified atom stereocenters. The third-order valence-electron chi connectivity index (χ3n) is 7.97. The number of hydrogen-bond donors (Lipinski definition) is 0. The Bertz CT molecular complexity index is 394. The minimum Gasteiger partial charge on any atom is -0.0932 e. The van der Waals surface area contributed by atoms with Crippen LogP contribution in [0.25, 0.3) is 0 Å². The maximum Gasteiger partial charge on any atom is 0.270 e. The normalized spacial score (nSPS) is 14.1. The summed E-state index contributed by atoms with van der Waals surface area (Å²) in [6, 6.07) is 0. The molecular weight excluding hydrogens is 387 g/mol. The van der Waals surface area contributed by atoms with Crippen LogP contribution >= 0.6 is 0 Å². The Morgan fingerprint density at radius 1 is 0.452 bits per heavy atom. The molecule has 0 saturated heterocycles. The zero-order valence-electron chi connectivity index (χ0n) is 24.2. The average Bonchev–Trinajstić information content (AvgIpc) is 2.62. The van der Waals surface area contributed by atoms with Crippen LogP contribution in [-0.2, 0) is 0 Å². The first-order valence-corrected chi connectivity index (χ1v) is 16.5. The molecule has 0 aromatic carbocycles.